The van der Waals surface area contributed by atoms with Crippen molar-refractivity contribution in [3.8, 4) is 11.5 Å². The van der Waals surface area contributed by atoms with Gasteiger partial charge < -0.3 is 19.3 Å². The molecule has 2 N–H and O–H groups in total. The van der Waals surface area contributed by atoms with Crippen molar-refractivity contribution in [2.24, 2.45) is 0 Å². The van der Waals surface area contributed by atoms with Crippen LogP contribution in [-0.4, -0.2) is 43.5 Å². The second kappa shape index (κ2) is 6.32. The van der Waals surface area contributed by atoms with Gasteiger partial charge in [0.05, 0.1) is 6.10 Å². The van der Waals surface area contributed by atoms with Crippen molar-refractivity contribution < 1.29 is 24.1 Å². The van der Waals surface area contributed by atoms with Gasteiger partial charge in [-0.05, 0) is 30.5 Å². The number of rotatable bonds is 5. The molecule has 1 aromatic rings. The predicted molar refractivity (Wildman–Crippen MR) is 74.8 cm³/mol. The SMILES string of the molecule is O=C(O)C(NCC1CCCO1)c1ccc2c(c1)OCCO2. The fourth-order valence-electron chi connectivity index (χ4n) is 2.64. The molecule has 0 spiro atoms. The van der Waals surface area contributed by atoms with Crippen LogP contribution in [0, 0.1) is 0 Å². The Morgan fingerprint density at radius 2 is 2.10 bits per heavy atom. The lowest BCUT2D eigenvalue weighted by atomic mass is 10.1. The normalized spacial score (nSPS) is 22.0. The molecule has 1 aromatic carbocycles. The van der Waals surface area contributed by atoms with Crippen LogP contribution in [0.4, 0.5) is 0 Å². The summed E-state index contributed by atoms with van der Waals surface area (Å²) < 4.78 is 16.5. The fraction of sp³-hybridized carbons (Fsp3) is 0.533. The van der Waals surface area contributed by atoms with E-state index in [1.54, 1.807) is 18.2 Å². The van der Waals surface area contributed by atoms with Crippen LogP contribution in [0.3, 0.4) is 0 Å². The summed E-state index contributed by atoms with van der Waals surface area (Å²) in [6.07, 6.45) is 2.11. The van der Waals surface area contributed by atoms with E-state index in [-0.39, 0.29) is 6.10 Å². The van der Waals surface area contributed by atoms with Gasteiger partial charge >= 0.3 is 5.97 Å². The molecule has 3 rings (SSSR count). The number of hydrogen-bond donors (Lipinski definition) is 2. The first kappa shape index (κ1) is 14.2. The monoisotopic (exact) mass is 293 g/mol. The van der Waals surface area contributed by atoms with Gasteiger partial charge in [0, 0.05) is 13.2 Å². The maximum atomic E-state index is 11.5. The van der Waals surface area contributed by atoms with E-state index in [4.69, 9.17) is 14.2 Å². The summed E-state index contributed by atoms with van der Waals surface area (Å²) in [6, 6.07) is 4.47. The molecule has 0 bridgehead atoms. The highest BCUT2D eigenvalue weighted by atomic mass is 16.6. The lowest BCUT2D eigenvalue weighted by Gasteiger charge is -2.22. The van der Waals surface area contributed by atoms with Crippen molar-refractivity contribution in [3.63, 3.8) is 0 Å². The zero-order valence-corrected chi connectivity index (χ0v) is 11.7. The van der Waals surface area contributed by atoms with Crippen LogP contribution < -0.4 is 14.8 Å². The summed E-state index contributed by atoms with van der Waals surface area (Å²) in [6.45, 7) is 2.29. The third kappa shape index (κ3) is 3.28. The number of carboxylic acid groups (broad SMARTS) is 1. The minimum atomic E-state index is -0.912. The molecule has 0 saturated carbocycles. The number of aliphatic carboxylic acids is 1. The molecule has 0 amide bonds. The van der Waals surface area contributed by atoms with Gasteiger partial charge in [0.15, 0.2) is 11.5 Å². The Hall–Kier alpha value is -1.79. The van der Waals surface area contributed by atoms with E-state index in [0.29, 0.717) is 36.8 Å². The quantitative estimate of drug-likeness (QED) is 0.853. The van der Waals surface area contributed by atoms with Crippen molar-refractivity contribution in [3.05, 3.63) is 23.8 Å². The predicted octanol–water partition coefficient (Wildman–Crippen LogP) is 1.35. The largest absolute Gasteiger partial charge is 0.486 e. The molecular formula is C15H19NO5. The maximum Gasteiger partial charge on any atom is 0.325 e. The summed E-state index contributed by atoms with van der Waals surface area (Å²) in [7, 11) is 0. The Morgan fingerprint density at radius 3 is 2.81 bits per heavy atom. The van der Waals surface area contributed by atoms with Crippen LogP contribution in [0.15, 0.2) is 18.2 Å². The highest BCUT2D eigenvalue weighted by Crippen LogP contribution is 2.32. The van der Waals surface area contributed by atoms with E-state index in [9.17, 15) is 9.90 Å². The molecule has 0 radical (unpaired) electrons. The summed E-state index contributed by atoms with van der Waals surface area (Å²) in [5.41, 5.74) is 0.657. The van der Waals surface area contributed by atoms with E-state index < -0.39 is 12.0 Å². The smallest absolute Gasteiger partial charge is 0.325 e. The molecule has 1 fully saturated rings. The number of nitrogens with one attached hydrogen (secondary N) is 1. The molecule has 0 aromatic heterocycles. The highest BCUT2D eigenvalue weighted by molar-refractivity contribution is 5.76. The van der Waals surface area contributed by atoms with E-state index >= 15 is 0 Å². The van der Waals surface area contributed by atoms with Gasteiger partial charge in [-0.1, -0.05) is 6.07 Å². The summed E-state index contributed by atoms with van der Waals surface area (Å²) in [5.74, 6) is 0.349. The average molecular weight is 293 g/mol. The Balaban J connectivity index is 1.72. The third-order valence-corrected chi connectivity index (χ3v) is 3.72. The zero-order chi connectivity index (χ0) is 14.7. The van der Waals surface area contributed by atoms with Gasteiger partial charge in [0.1, 0.15) is 19.3 Å². The van der Waals surface area contributed by atoms with Crippen LogP contribution in [-0.2, 0) is 9.53 Å². The van der Waals surface area contributed by atoms with Gasteiger partial charge in [-0.15, -0.1) is 0 Å². The maximum absolute atomic E-state index is 11.5. The third-order valence-electron chi connectivity index (χ3n) is 3.72. The first-order valence-corrected chi connectivity index (χ1v) is 7.21. The van der Waals surface area contributed by atoms with Crippen molar-refractivity contribution in [1.82, 2.24) is 5.32 Å². The number of carboxylic acids is 1. The number of carbonyl (C=O) groups is 1. The molecule has 0 aliphatic carbocycles. The molecule has 6 heteroatoms. The molecule has 2 atom stereocenters. The first-order valence-electron chi connectivity index (χ1n) is 7.21. The molecule has 1 saturated heterocycles. The minimum Gasteiger partial charge on any atom is -0.486 e. The highest BCUT2D eigenvalue weighted by Gasteiger charge is 2.24. The van der Waals surface area contributed by atoms with Gasteiger partial charge in [0.25, 0.3) is 0 Å². The van der Waals surface area contributed by atoms with E-state index in [2.05, 4.69) is 5.32 Å². The van der Waals surface area contributed by atoms with E-state index in [1.165, 1.54) is 0 Å². The van der Waals surface area contributed by atoms with Gasteiger partial charge in [-0.3, -0.25) is 10.1 Å². The molecule has 21 heavy (non-hydrogen) atoms. The van der Waals surface area contributed by atoms with Crippen LogP contribution in [0.2, 0.25) is 0 Å². The Labute approximate surface area is 123 Å². The molecule has 2 aliphatic rings. The van der Waals surface area contributed by atoms with Crippen LogP contribution in [0.1, 0.15) is 24.4 Å². The van der Waals surface area contributed by atoms with Crippen molar-refractivity contribution in [2.75, 3.05) is 26.4 Å². The number of ether oxygens (including phenoxy) is 3. The zero-order valence-electron chi connectivity index (χ0n) is 11.7. The second-order valence-electron chi connectivity index (χ2n) is 5.22. The second-order valence-corrected chi connectivity index (χ2v) is 5.22. The molecule has 114 valence electrons. The number of benzene rings is 1. The van der Waals surface area contributed by atoms with E-state index in [1.807, 2.05) is 0 Å². The molecule has 2 unspecified atom stereocenters. The van der Waals surface area contributed by atoms with Crippen LogP contribution in [0.25, 0.3) is 0 Å². The lowest BCUT2D eigenvalue weighted by molar-refractivity contribution is -0.139. The topological polar surface area (TPSA) is 77.0 Å². The van der Waals surface area contributed by atoms with Gasteiger partial charge in [-0.2, -0.15) is 0 Å². The summed E-state index contributed by atoms with van der Waals surface area (Å²) in [4.78, 5) is 11.5. The Morgan fingerprint density at radius 1 is 1.29 bits per heavy atom. The van der Waals surface area contributed by atoms with Crippen molar-refractivity contribution in [2.45, 2.75) is 25.0 Å². The van der Waals surface area contributed by atoms with Gasteiger partial charge in [-0.25, -0.2) is 0 Å². The van der Waals surface area contributed by atoms with Crippen LogP contribution in [0.5, 0.6) is 11.5 Å². The molecular weight excluding hydrogens is 274 g/mol. The molecule has 6 nitrogen and oxygen atoms in total. The molecule has 2 heterocycles. The van der Waals surface area contributed by atoms with Crippen molar-refractivity contribution in [1.29, 1.82) is 0 Å². The fourth-order valence-corrected chi connectivity index (χ4v) is 2.64. The summed E-state index contributed by atoms with van der Waals surface area (Å²) >= 11 is 0. The first-order chi connectivity index (χ1) is 10.2. The average Bonchev–Trinajstić information content (AvgIpc) is 3.00. The van der Waals surface area contributed by atoms with Crippen LogP contribution >= 0.6 is 0 Å². The van der Waals surface area contributed by atoms with E-state index in [0.717, 1.165) is 19.4 Å². The Bertz CT molecular complexity index is 513. The summed E-state index contributed by atoms with van der Waals surface area (Å²) in [5, 5.41) is 12.5. The van der Waals surface area contributed by atoms with Crippen molar-refractivity contribution >= 4 is 5.97 Å². The molecule has 2 aliphatic heterocycles. The van der Waals surface area contributed by atoms with Gasteiger partial charge in [0.2, 0.25) is 0 Å². The lowest BCUT2D eigenvalue weighted by Crippen LogP contribution is -2.34. The number of hydrogen-bond acceptors (Lipinski definition) is 5. The number of fused-ring (bicyclic) bond motifs is 1. The standard InChI is InChI=1S/C15H19NO5/c17-15(18)14(16-9-11-2-1-5-19-11)10-3-4-12-13(8-10)21-7-6-20-12/h3-4,8,11,14,16H,1-2,5-7,9H2,(H,17,18). The minimum absolute atomic E-state index is 0.101. The Kier molecular flexibility index (Phi) is 4.26.